The van der Waals surface area contributed by atoms with Gasteiger partial charge in [-0.3, -0.25) is 5.41 Å². The van der Waals surface area contributed by atoms with E-state index in [1.807, 2.05) is 22.7 Å². The molecule has 3 aromatic rings. The van der Waals surface area contributed by atoms with Crippen LogP contribution in [0.1, 0.15) is 50.3 Å². The topological polar surface area (TPSA) is 130 Å². The minimum Gasteiger partial charge on any atom is -0.382 e. The Hall–Kier alpha value is -3.44. The third-order valence-corrected chi connectivity index (χ3v) is 9.27. The molecule has 2 saturated heterocycles. The molecule has 5 heterocycles. The maximum absolute atomic E-state index is 9.03. The summed E-state index contributed by atoms with van der Waals surface area (Å²) in [4.78, 5) is 17.7. The van der Waals surface area contributed by atoms with Gasteiger partial charge >= 0.3 is 0 Å². The maximum Gasteiger partial charge on any atom is 0.214 e. The molecular weight excluding hydrogens is 496 g/mol. The van der Waals surface area contributed by atoms with Gasteiger partial charge in [0.25, 0.3) is 0 Å². The summed E-state index contributed by atoms with van der Waals surface area (Å²) in [6.45, 7) is 7.80. The van der Waals surface area contributed by atoms with E-state index in [0.29, 0.717) is 30.1 Å². The van der Waals surface area contributed by atoms with Crippen LogP contribution in [-0.4, -0.2) is 73.8 Å². The highest BCUT2D eigenvalue weighted by Crippen LogP contribution is 2.46. The molecule has 2 fully saturated rings. The lowest BCUT2D eigenvalue weighted by Crippen LogP contribution is -2.44. The van der Waals surface area contributed by atoms with Gasteiger partial charge in [-0.15, -0.1) is 0 Å². The van der Waals surface area contributed by atoms with Gasteiger partial charge in [0.15, 0.2) is 11.7 Å². The number of ether oxygens (including phenoxy) is 1. The Bertz CT molecular complexity index is 1360. The van der Waals surface area contributed by atoms with Gasteiger partial charge in [0, 0.05) is 52.1 Å². The summed E-state index contributed by atoms with van der Waals surface area (Å²) in [5.74, 6) is 2.56. The van der Waals surface area contributed by atoms with Gasteiger partial charge in [-0.1, -0.05) is 17.8 Å². The number of anilines is 3. The van der Waals surface area contributed by atoms with Gasteiger partial charge in [0.2, 0.25) is 12.2 Å². The highest BCUT2D eigenvalue weighted by Gasteiger charge is 2.47. The molecule has 3 aliphatic rings. The van der Waals surface area contributed by atoms with Crippen LogP contribution in [0.5, 0.6) is 0 Å². The van der Waals surface area contributed by atoms with Crippen molar-refractivity contribution in [3.63, 3.8) is 0 Å². The highest BCUT2D eigenvalue weighted by molar-refractivity contribution is 6.29. The second-order valence-corrected chi connectivity index (χ2v) is 11.0. The fourth-order valence-electron chi connectivity index (χ4n) is 6.19. The molecule has 0 saturated carbocycles. The van der Waals surface area contributed by atoms with Gasteiger partial charge in [-0.05, 0) is 55.9 Å². The van der Waals surface area contributed by atoms with Crippen molar-refractivity contribution in [2.24, 2.45) is 11.3 Å². The van der Waals surface area contributed by atoms with E-state index in [2.05, 4.69) is 49.8 Å². The monoisotopic (exact) mass is 528 g/mol. The first-order chi connectivity index (χ1) is 18.4. The molecular formula is C27H32N8O2Si. The van der Waals surface area contributed by atoms with Crippen LogP contribution in [0.4, 0.5) is 17.3 Å². The number of hydrogen-bond donors (Lipinski definition) is 2. The molecule has 1 spiro atoms. The first-order valence-corrected chi connectivity index (χ1v) is 13.7. The van der Waals surface area contributed by atoms with E-state index >= 15 is 0 Å². The molecule has 2 radical (unpaired) electrons. The normalized spacial score (nSPS) is 24.4. The van der Waals surface area contributed by atoms with Crippen LogP contribution in [0, 0.1) is 16.7 Å². The van der Waals surface area contributed by atoms with Gasteiger partial charge in [-0.2, -0.15) is 4.98 Å². The number of fused-ring (bicyclic) bond motifs is 1. The third kappa shape index (κ3) is 4.13. The third-order valence-electron chi connectivity index (χ3n) is 8.87. The van der Waals surface area contributed by atoms with E-state index in [9.17, 15) is 0 Å². The number of benzene rings is 1. The molecule has 0 unspecified atom stereocenters. The standard InChI is InChI=1S/C27H32N8O2Si/c1-16-17(2)36-14-27(16)6-9-34(10-7-27)22-12-30-23(24(28)32-22)25(29)35-8-5-19(13-38)20-11-18(3-4-21(20)35)26-31-15-37-33-26/h3-4,11-13,15-17,19,29H,5-10,14H2,1-2H3,(H2,28,32)/t16-,17+,19-/m1/s1. The first kappa shape index (κ1) is 24.9. The predicted octanol–water partition coefficient (Wildman–Crippen LogP) is 3.04. The van der Waals surface area contributed by atoms with Crippen molar-refractivity contribution in [3.05, 3.63) is 42.0 Å². The van der Waals surface area contributed by atoms with E-state index in [0.717, 1.165) is 61.6 Å². The van der Waals surface area contributed by atoms with Crippen LogP contribution in [0.15, 0.2) is 35.3 Å². The van der Waals surface area contributed by atoms with Crippen molar-refractivity contribution in [2.45, 2.75) is 45.1 Å². The Morgan fingerprint density at radius 1 is 1.21 bits per heavy atom. The Balaban J connectivity index is 1.22. The molecule has 0 amide bonds. The Kier molecular flexibility index (Phi) is 6.35. The average Bonchev–Trinajstić information content (AvgIpc) is 3.58. The number of piperidine rings is 1. The number of rotatable bonds is 4. The summed E-state index contributed by atoms with van der Waals surface area (Å²) in [5.41, 5.74) is 11.9. The SMILES string of the molecule is C[C@@H]1OCC2(CCN(c3cnc(C(=N)N4CC[C@H](C=[Si])c5cc(-c6ncon6)ccc54)c(N)n3)CC2)[C@@H]1C. The van der Waals surface area contributed by atoms with Gasteiger partial charge in [0.05, 0.1) is 18.9 Å². The number of nitrogens with one attached hydrogen (secondary N) is 1. The summed E-state index contributed by atoms with van der Waals surface area (Å²) in [7, 11) is 3.59. The average molecular weight is 529 g/mol. The van der Waals surface area contributed by atoms with E-state index in [1.54, 1.807) is 6.20 Å². The van der Waals surface area contributed by atoms with Crippen molar-refractivity contribution >= 4 is 38.7 Å². The van der Waals surface area contributed by atoms with E-state index < -0.39 is 0 Å². The molecule has 2 aromatic heterocycles. The molecule has 10 nitrogen and oxygen atoms in total. The van der Waals surface area contributed by atoms with E-state index in [-0.39, 0.29) is 23.0 Å². The number of hydrogen-bond acceptors (Lipinski definition) is 9. The molecule has 3 N–H and O–H groups in total. The largest absolute Gasteiger partial charge is 0.382 e. The molecule has 38 heavy (non-hydrogen) atoms. The lowest BCUT2D eigenvalue weighted by Gasteiger charge is -2.41. The predicted molar refractivity (Wildman–Crippen MR) is 148 cm³/mol. The Labute approximate surface area is 225 Å². The molecule has 1 aromatic carbocycles. The van der Waals surface area contributed by atoms with Crippen LogP contribution in [-0.2, 0) is 4.74 Å². The summed E-state index contributed by atoms with van der Waals surface area (Å²) < 4.78 is 10.9. The molecule has 11 heteroatoms. The van der Waals surface area contributed by atoms with Crippen LogP contribution in [0.25, 0.3) is 11.4 Å². The minimum atomic E-state index is 0.182. The van der Waals surface area contributed by atoms with Crippen molar-refractivity contribution in [3.8, 4) is 11.4 Å². The van der Waals surface area contributed by atoms with E-state index in [4.69, 9.17) is 25.4 Å². The number of amidine groups is 1. The molecule has 3 aliphatic heterocycles. The second kappa shape index (κ2) is 9.70. The Morgan fingerprint density at radius 3 is 2.68 bits per heavy atom. The summed E-state index contributed by atoms with van der Waals surface area (Å²) in [6.07, 6.45) is 6.36. The first-order valence-electron chi connectivity index (χ1n) is 13.2. The fraction of sp³-hybridized carbons (Fsp3) is 0.481. The molecule has 196 valence electrons. The zero-order chi connectivity index (χ0) is 26.4. The van der Waals surface area contributed by atoms with E-state index in [1.165, 1.54) is 6.39 Å². The number of nitrogens with zero attached hydrogens (tertiary/aromatic N) is 6. The van der Waals surface area contributed by atoms with Crippen molar-refractivity contribution in [1.29, 1.82) is 5.41 Å². The van der Waals surface area contributed by atoms with Gasteiger partial charge in [0.1, 0.15) is 11.5 Å². The van der Waals surface area contributed by atoms with Gasteiger partial charge in [-0.25, -0.2) is 9.97 Å². The zero-order valence-electron chi connectivity index (χ0n) is 21.7. The van der Waals surface area contributed by atoms with Crippen molar-refractivity contribution in [1.82, 2.24) is 20.1 Å². The van der Waals surface area contributed by atoms with Crippen LogP contribution in [0.3, 0.4) is 0 Å². The lowest BCUT2D eigenvalue weighted by atomic mass is 9.70. The van der Waals surface area contributed by atoms with Crippen LogP contribution < -0.4 is 15.5 Å². The Morgan fingerprint density at radius 2 is 2.03 bits per heavy atom. The second-order valence-electron chi connectivity index (χ2n) is 10.7. The van der Waals surface area contributed by atoms with Crippen molar-refractivity contribution in [2.75, 3.05) is 41.8 Å². The number of aromatic nitrogens is 4. The summed E-state index contributed by atoms with van der Waals surface area (Å²) in [6, 6.07) is 5.99. The zero-order valence-corrected chi connectivity index (χ0v) is 22.7. The summed E-state index contributed by atoms with van der Waals surface area (Å²) >= 11 is 0. The molecule has 0 bridgehead atoms. The number of nitrogens with two attached hydrogens (primary N) is 1. The smallest absolute Gasteiger partial charge is 0.214 e. The quantitative estimate of drug-likeness (QED) is 0.298. The number of nitrogen functional groups attached to an aromatic ring is 1. The van der Waals surface area contributed by atoms with Crippen LogP contribution in [0.2, 0.25) is 0 Å². The molecule has 6 rings (SSSR count). The minimum absolute atomic E-state index is 0.182. The lowest BCUT2D eigenvalue weighted by molar-refractivity contribution is 0.0969. The molecule has 0 aliphatic carbocycles. The molecule has 3 atom stereocenters. The fourth-order valence-corrected chi connectivity index (χ4v) is 6.54. The van der Waals surface area contributed by atoms with Crippen LogP contribution >= 0.6 is 0 Å². The van der Waals surface area contributed by atoms with Crippen molar-refractivity contribution < 1.29 is 9.26 Å². The highest BCUT2D eigenvalue weighted by atomic mass is 28.1. The maximum atomic E-state index is 9.03. The van der Waals surface area contributed by atoms with Gasteiger partial charge < -0.3 is 24.8 Å². The summed E-state index contributed by atoms with van der Waals surface area (Å²) in [5, 5.41) is 13.0.